The Hall–Kier alpha value is -2.66. The lowest BCUT2D eigenvalue weighted by molar-refractivity contribution is -0.120. The molecule has 1 N–H and O–H groups in total. The van der Waals surface area contributed by atoms with Crippen molar-refractivity contribution in [3.63, 3.8) is 0 Å². The van der Waals surface area contributed by atoms with Crippen LogP contribution in [-0.2, 0) is 17.8 Å². The summed E-state index contributed by atoms with van der Waals surface area (Å²) in [7, 11) is 0. The molecule has 0 unspecified atom stereocenters. The van der Waals surface area contributed by atoms with Gasteiger partial charge in [-0.15, -0.1) is 11.3 Å². The molecule has 0 aliphatic heterocycles. The molecule has 0 aliphatic carbocycles. The van der Waals surface area contributed by atoms with E-state index in [1.807, 2.05) is 60.0 Å². The van der Waals surface area contributed by atoms with Gasteiger partial charge in [0, 0.05) is 23.4 Å². The molecule has 0 saturated heterocycles. The highest BCUT2D eigenvalue weighted by Gasteiger charge is 2.11. The molecule has 0 spiro atoms. The number of ether oxygens (including phenoxy) is 1. The van der Waals surface area contributed by atoms with E-state index in [2.05, 4.69) is 24.1 Å². The first-order chi connectivity index (χ1) is 12.6. The summed E-state index contributed by atoms with van der Waals surface area (Å²) in [5, 5.41) is 5.98. The zero-order chi connectivity index (χ0) is 18.4. The fraction of sp³-hybridized carbons (Fsp3) is 0.238. The number of para-hydroxylation sites is 2. The Morgan fingerprint density at radius 2 is 1.85 bits per heavy atom. The standard InChI is InChI=1S/C21H22N2O2S/c1-15(2)21-23-17(14-26-21)12-20(24)22-13-16-8-6-7-11-19(16)25-18-9-4-3-5-10-18/h3-11,14-15H,12-13H2,1-2H3,(H,22,24). The lowest BCUT2D eigenvalue weighted by Gasteiger charge is -2.11. The number of carbonyl (C=O) groups excluding carboxylic acids is 1. The predicted octanol–water partition coefficient (Wildman–Crippen LogP) is 4.92. The number of nitrogens with one attached hydrogen (secondary N) is 1. The molecule has 3 aromatic rings. The summed E-state index contributed by atoms with van der Waals surface area (Å²) in [6.45, 7) is 4.63. The summed E-state index contributed by atoms with van der Waals surface area (Å²) >= 11 is 1.61. The number of benzene rings is 2. The van der Waals surface area contributed by atoms with E-state index >= 15 is 0 Å². The number of carbonyl (C=O) groups is 1. The SMILES string of the molecule is CC(C)c1nc(CC(=O)NCc2ccccc2Oc2ccccc2)cs1. The third-order valence-corrected chi connectivity index (χ3v) is 5.02. The maximum absolute atomic E-state index is 12.2. The van der Waals surface area contributed by atoms with Crippen molar-refractivity contribution >= 4 is 17.2 Å². The zero-order valence-electron chi connectivity index (χ0n) is 14.9. The molecule has 2 aromatic carbocycles. The van der Waals surface area contributed by atoms with Crippen LogP contribution in [0.2, 0.25) is 0 Å². The highest BCUT2D eigenvalue weighted by Crippen LogP contribution is 2.25. The maximum atomic E-state index is 12.2. The van der Waals surface area contributed by atoms with Gasteiger partial charge in [-0.05, 0) is 18.2 Å². The Labute approximate surface area is 157 Å². The topological polar surface area (TPSA) is 51.2 Å². The number of amides is 1. The molecule has 0 fully saturated rings. The molecule has 134 valence electrons. The van der Waals surface area contributed by atoms with Crippen LogP contribution in [0.4, 0.5) is 0 Å². The van der Waals surface area contributed by atoms with E-state index in [-0.39, 0.29) is 5.91 Å². The van der Waals surface area contributed by atoms with Crippen molar-refractivity contribution in [3.8, 4) is 11.5 Å². The molecule has 1 aromatic heterocycles. The van der Waals surface area contributed by atoms with Crippen LogP contribution in [0.5, 0.6) is 11.5 Å². The predicted molar refractivity (Wildman–Crippen MR) is 105 cm³/mol. The van der Waals surface area contributed by atoms with Gasteiger partial charge in [-0.2, -0.15) is 0 Å². The number of nitrogens with zero attached hydrogens (tertiary/aromatic N) is 1. The summed E-state index contributed by atoms with van der Waals surface area (Å²) in [5.74, 6) is 1.86. The van der Waals surface area contributed by atoms with Crippen LogP contribution in [0.25, 0.3) is 0 Å². The third-order valence-electron chi connectivity index (χ3n) is 3.82. The molecule has 4 nitrogen and oxygen atoms in total. The molecule has 26 heavy (non-hydrogen) atoms. The minimum atomic E-state index is -0.0416. The van der Waals surface area contributed by atoms with Gasteiger partial charge in [0.1, 0.15) is 11.5 Å². The van der Waals surface area contributed by atoms with Gasteiger partial charge in [0.25, 0.3) is 0 Å². The first-order valence-corrected chi connectivity index (χ1v) is 9.51. The van der Waals surface area contributed by atoms with Gasteiger partial charge in [0.2, 0.25) is 5.91 Å². The fourth-order valence-corrected chi connectivity index (χ4v) is 3.29. The lowest BCUT2D eigenvalue weighted by atomic mass is 10.2. The second kappa shape index (κ2) is 8.63. The first kappa shape index (κ1) is 18.1. The summed E-state index contributed by atoms with van der Waals surface area (Å²) in [6.07, 6.45) is 0.297. The third kappa shape index (κ3) is 4.92. The van der Waals surface area contributed by atoms with Crippen LogP contribution in [-0.4, -0.2) is 10.9 Å². The Bertz CT molecular complexity index is 859. The summed E-state index contributed by atoms with van der Waals surface area (Å²) in [6, 6.07) is 17.3. The average Bonchev–Trinajstić information content (AvgIpc) is 3.11. The Morgan fingerprint density at radius 3 is 2.58 bits per heavy atom. The van der Waals surface area contributed by atoms with Crippen LogP contribution >= 0.6 is 11.3 Å². The summed E-state index contributed by atoms with van der Waals surface area (Å²) in [4.78, 5) is 16.8. The average molecular weight is 366 g/mol. The fourth-order valence-electron chi connectivity index (χ4n) is 2.45. The molecule has 0 bridgehead atoms. The van der Waals surface area contributed by atoms with Crippen LogP contribution in [0.15, 0.2) is 60.0 Å². The van der Waals surface area contributed by atoms with Gasteiger partial charge in [0.15, 0.2) is 0 Å². The molecule has 1 heterocycles. The van der Waals surface area contributed by atoms with Crippen molar-refractivity contribution < 1.29 is 9.53 Å². The van der Waals surface area contributed by atoms with Gasteiger partial charge in [-0.25, -0.2) is 4.98 Å². The maximum Gasteiger partial charge on any atom is 0.226 e. The van der Waals surface area contributed by atoms with E-state index in [0.29, 0.717) is 18.9 Å². The summed E-state index contributed by atoms with van der Waals surface area (Å²) in [5.41, 5.74) is 1.76. The quantitative estimate of drug-likeness (QED) is 0.646. The summed E-state index contributed by atoms with van der Waals surface area (Å²) < 4.78 is 5.93. The molecule has 0 atom stereocenters. The first-order valence-electron chi connectivity index (χ1n) is 8.63. The largest absolute Gasteiger partial charge is 0.457 e. The number of thiazole rings is 1. The van der Waals surface area contributed by atoms with Gasteiger partial charge in [-0.3, -0.25) is 4.79 Å². The van der Waals surface area contributed by atoms with E-state index in [1.54, 1.807) is 11.3 Å². The van der Waals surface area contributed by atoms with Gasteiger partial charge in [0.05, 0.1) is 17.1 Å². The highest BCUT2D eigenvalue weighted by atomic mass is 32.1. The van der Waals surface area contributed by atoms with E-state index in [1.165, 1.54) is 0 Å². The number of hydrogen-bond acceptors (Lipinski definition) is 4. The van der Waals surface area contributed by atoms with Crippen molar-refractivity contribution in [1.82, 2.24) is 10.3 Å². The smallest absolute Gasteiger partial charge is 0.226 e. The van der Waals surface area contributed by atoms with Crippen LogP contribution in [0.3, 0.4) is 0 Å². The molecule has 0 saturated carbocycles. The minimum Gasteiger partial charge on any atom is -0.457 e. The molecule has 5 heteroatoms. The number of hydrogen-bond donors (Lipinski definition) is 1. The van der Waals surface area contributed by atoms with Crippen molar-refractivity contribution in [2.24, 2.45) is 0 Å². The van der Waals surface area contributed by atoms with Crippen molar-refractivity contribution in [3.05, 3.63) is 76.2 Å². The van der Waals surface area contributed by atoms with Crippen LogP contribution in [0.1, 0.15) is 36.0 Å². The number of aromatic nitrogens is 1. The van der Waals surface area contributed by atoms with Gasteiger partial charge in [-0.1, -0.05) is 50.2 Å². The monoisotopic (exact) mass is 366 g/mol. The molecule has 3 rings (SSSR count). The second-order valence-corrected chi connectivity index (χ2v) is 7.20. The van der Waals surface area contributed by atoms with Gasteiger partial charge < -0.3 is 10.1 Å². The van der Waals surface area contributed by atoms with Crippen LogP contribution in [0, 0.1) is 0 Å². The van der Waals surface area contributed by atoms with E-state index in [0.717, 1.165) is 27.8 Å². The number of rotatable bonds is 7. The van der Waals surface area contributed by atoms with Crippen LogP contribution < -0.4 is 10.1 Å². The van der Waals surface area contributed by atoms with E-state index < -0.39 is 0 Å². The molecule has 0 aliphatic rings. The van der Waals surface area contributed by atoms with Crippen molar-refractivity contribution in [1.29, 1.82) is 0 Å². The normalized spacial score (nSPS) is 10.7. The Balaban J connectivity index is 1.59. The van der Waals surface area contributed by atoms with E-state index in [4.69, 9.17) is 4.74 Å². The molecule has 0 radical (unpaired) electrons. The second-order valence-electron chi connectivity index (χ2n) is 6.31. The van der Waals surface area contributed by atoms with Crippen molar-refractivity contribution in [2.75, 3.05) is 0 Å². The lowest BCUT2D eigenvalue weighted by Crippen LogP contribution is -2.24. The Morgan fingerprint density at radius 1 is 1.12 bits per heavy atom. The van der Waals surface area contributed by atoms with E-state index in [9.17, 15) is 4.79 Å². The minimum absolute atomic E-state index is 0.0416. The molecular formula is C21H22N2O2S. The van der Waals surface area contributed by atoms with Gasteiger partial charge >= 0.3 is 0 Å². The zero-order valence-corrected chi connectivity index (χ0v) is 15.8. The molecular weight excluding hydrogens is 344 g/mol. The Kier molecular flexibility index (Phi) is 6.02. The van der Waals surface area contributed by atoms with Crippen molar-refractivity contribution in [2.45, 2.75) is 32.7 Å². The highest BCUT2D eigenvalue weighted by molar-refractivity contribution is 7.09. The molecule has 1 amide bonds.